The number of aromatic nitrogens is 1. The molecule has 74 valence electrons. The maximum absolute atomic E-state index is 11.9. The van der Waals surface area contributed by atoms with Gasteiger partial charge in [0, 0.05) is 19.1 Å². The van der Waals surface area contributed by atoms with Gasteiger partial charge in [-0.1, -0.05) is 0 Å². The van der Waals surface area contributed by atoms with E-state index in [1.54, 1.807) is 0 Å². The van der Waals surface area contributed by atoms with Crippen molar-refractivity contribution in [1.29, 1.82) is 0 Å². The summed E-state index contributed by atoms with van der Waals surface area (Å²) in [5.74, 6) is 0.314. The van der Waals surface area contributed by atoms with Gasteiger partial charge in [0.1, 0.15) is 0 Å². The summed E-state index contributed by atoms with van der Waals surface area (Å²) in [4.78, 5) is 17.5. The van der Waals surface area contributed by atoms with Crippen molar-refractivity contribution >= 4 is 5.91 Å². The number of amides is 1. The lowest BCUT2D eigenvalue weighted by Gasteiger charge is -2.36. The van der Waals surface area contributed by atoms with Crippen molar-refractivity contribution in [3.8, 4) is 0 Å². The summed E-state index contributed by atoms with van der Waals surface area (Å²) < 4.78 is 4.99. The zero-order valence-corrected chi connectivity index (χ0v) is 7.64. The van der Waals surface area contributed by atoms with Crippen LogP contribution in [-0.4, -0.2) is 41.0 Å². The molecule has 1 N–H and O–H groups in total. The Morgan fingerprint density at radius 1 is 1.71 bits per heavy atom. The van der Waals surface area contributed by atoms with Gasteiger partial charge in [-0.2, -0.15) is 0 Å². The van der Waals surface area contributed by atoms with E-state index in [1.165, 1.54) is 12.6 Å². The predicted octanol–water partition coefficient (Wildman–Crippen LogP) is -0.139. The number of carbonyl (C=O) groups is 1. The number of nitrogens with one attached hydrogen (secondary N) is 1. The molecule has 0 bridgehead atoms. The highest BCUT2D eigenvalue weighted by atomic mass is 16.3. The summed E-state index contributed by atoms with van der Waals surface area (Å²) in [7, 11) is 0. The molecule has 0 radical (unpaired) electrons. The van der Waals surface area contributed by atoms with Crippen LogP contribution in [0, 0.1) is 0 Å². The summed E-state index contributed by atoms with van der Waals surface area (Å²) in [5.41, 5.74) is 0. The van der Waals surface area contributed by atoms with Gasteiger partial charge < -0.3 is 14.6 Å². The minimum Gasteiger partial charge on any atom is -0.438 e. The van der Waals surface area contributed by atoms with E-state index < -0.39 is 0 Å². The normalized spacial score (nSPS) is 29.9. The first-order valence-electron chi connectivity index (χ1n) is 4.79. The number of carbonyl (C=O) groups excluding carboxylic acids is 1. The molecule has 2 aliphatic rings. The number of hydrogen-bond donors (Lipinski definition) is 1. The molecule has 2 atom stereocenters. The number of nitrogens with zero attached hydrogens (tertiary/aromatic N) is 2. The van der Waals surface area contributed by atoms with Crippen molar-refractivity contribution < 1.29 is 9.21 Å². The van der Waals surface area contributed by atoms with E-state index in [0.29, 0.717) is 17.8 Å². The van der Waals surface area contributed by atoms with Crippen molar-refractivity contribution in [3.63, 3.8) is 0 Å². The number of oxazole rings is 1. The Kier molecular flexibility index (Phi) is 1.61. The predicted molar refractivity (Wildman–Crippen MR) is 47.7 cm³/mol. The van der Waals surface area contributed by atoms with Gasteiger partial charge in [0.15, 0.2) is 6.39 Å². The van der Waals surface area contributed by atoms with Crippen LogP contribution in [-0.2, 0) is 0 Å². The Hall–Kier alpha value is -1.36. The van der Waals surface area contributed by atoms with E-state index in [2.05, 4.69) is 10.3 Å². The summed E-state index contributed by atoms with van der Waals surface area (Å²) in [6.07, 6.45) is 3.81. The monoisotopic (exact) mass is 193 g/mol. The highest BCUT2D eigenvalue weighted by Gasteiger charge is 2.43. The van der Waals surface area contributed by atoms with Crippen molar-refractivity contribution in [2.45, 2.75) is 18.5 Å². The lowest BCUT2D eigenvalue weighted by atomic mass is 10.0. The lowest BCUT2D eigenvalue weighted by molar-refractivity contribution is 0.0647. The highest BCUT2D eigenvalue weighted by Crippen LogP contribution is 2.25. The molecule has 1 amide bonds. The molecular weight excluding hydrogens is 182 g/mol. The maximum atomic E-state index is 11.9. The molecule has 5 nitrogen and oxygen atoms in total. The van der Waals surface area contributed by atoms with E-state index in [4.69, 9.17) is 4.42 Å². The molecule has 2 aliphatic heterocycles. The molecule has 3 rings (SSSR count). The van der Waals surface area contributed by atoms with Crippen LogP contribution in [0.25, 0.3) is 0 Å². The van der Waals surface area contributed by atoms with Gasteiger partial charge in [-0.15, -0.1) is 0 Å². The first-order chi connectivity index (χ1) is 6.86. The molecule has 5 heteroatoms. The Labute approximate surface area is 81.1 Å². The van der Waals surface area contributed by atoms with Crippen LogP contribution in [0.1, 0.15) is 17.0 Å². The fraction of sp³-hybridized carbons (Fsp3) is 0.556. The molecule has 1 aromatic rings. The first kappa shape index (κ1) is 7.99. The third kappa shape index (κ3) is 0.988. The van der Waals surface area contributed by atoms with Gasteiger partial charge in [0.05, 0.1) is 12.2 Å². The molecule has 2 fully saturated rings. The van der Waals surface area contributed by atoms with E-state index in [0.717, 1.165) is 19.5 Å². The van der Waals surface area contributed by atoms with Crippen molar-refractivity contribution in [2.75, 3.05) is 13.1 Å². The average molecular weight is 193 g/mol. The van der Waals surface area contributed by atoms with Gasteiger partial charge in [-0.3, -0.25) is 4.79 Å². The molecule has 0 spiro atoms. The van der Waals surface area contributed by atoms with Gasteiger partial charge >= 0.3 is 0 Å². The Morgan fingerprint density at radius 2 is 2.64 bits per heavy atom. The smallest absolute Gasteiger partial charge is 0.291 e. The molecule has 0 saturated carbocycles. The maximum Gasteiger partial charge on any atom is 0.291 e. The van der Waals surface area contributed by atoms with Crippen LogP contribution in [0.5, 0.6) is 0 Å². The fourth-order valence-electron chi connectivity index (χ4n) is 2.17. The minimum absolute atomic E-state index is 0.0310. The van der Waals surface area contributed by atoms with Gasteiger partial charge in [0.25, 0.3) is 5.91 Å². The third-order valence-corrected chi connectivity index (χ3v) is 3.04. The number of rotatable bonds is 1. The number of likely N-dealkylation sites (tertiary alicyclic amines) is 1. The standard InChI is InChI=1S/C9H11N3O2/c13-9(8-4-10-5-14-8)12-2-1-6-7(12)3-11-6/h4-7,11H,1-3H2. The van der Waals surface area contributed by atoms with E-state index >= 15 is 0 Å². The number of hydrogen-bond acceptors (Lipinski definition) is 4. The van der Waals surface area contributed by atoms with E-state index in [9.17, 15) is 4.79 Å². The Morgan fingerprint density at radius 3 is 3.21 bits per heavy atom. The molecular formula is C9H11N3O2. The first-order valence-corrected chi connectivity index (χ1v) is 4.79. The molecule has 14 heavy (non-hydrogen) atoms. The summed E-state index contributed by atoms with van der Waals surface area (Å²) in [5, 5.41) is 3.30. The van der Waals surface area contributed by atoms with Gasteiger partial charge in [-0.25, -0.2) is 4.98 Å². The summed E-state index contributed by atoms with van der Waals surface area (Å²) >= 11 is 0. The number of fused-ring (bicyclic) bond motifs is 1. The fourth-order valence-corrected chi connectivity index (χ4v) is 2.17. The van der Waals surface area contributed by atoms with E-state index in [1.807, 2.05) is 4.90 Å². The second kappa shape index (κ2) is 2.81. The van der Waals surface area contributed by atoms with Gasteiger partial charge in [0.2, 0.25) is 5.76 Å². The molecule has 2 unspecified atom stereocenters. The zero-order valence-electron chi connectivity index (χ0n) is 7.64. The Balaban J connectivity index is 1.80. The molecule has 3 heterocycles. The van der Waals surface area contributed by atoms with Gasteiger partial charge in [-0.05, 0) is 6.42 Å². The zero-order chi connectivity index (χ0) is 9.54. The van der Waals surface area contributed by atoms with Crippen LogP contribution >= 0.6 is 0 Å². The van der Waals surface area contributed by atoms with Crippen molar-refractivity contribution in [3.05, 3.63) is 18.4 Å². The second-order valence-corrected chi connectivity index (χ2v) is 3.73. The average Bonchev–Trinajstić information content (AvgIpc) is 2.73. The van der Waals surface area contributed by atoms with E-state index in [-0.39, 0.29) is 5.91 Å². The van der Waals surface area contributed by atoms with Crippen LogP contribution in [0.4, 0.5) is 0 Å². The molecule has 0 aliphatic carbocycles. The molecule has 1 aromatic heterocycles. The van der Waals surface area contributed by atoms with Crippen LogP contribution in [0.3, 0.4) is 0 Å². The van der Waals surface area contributed by atoms with Crippen LogP contribution < -0.4 is 5.32 Å². The summed E-state index contributed by atoms with van der Waals surface area (Å²) in [6.45, 7) is 1.73. The van der Waals surface area contributed by atoms with Crippen molar-refractivity contribution in [1.82, 2.24) is 15.2 Å². The minimum atomic E-state index is -0.0310. The SMILES string of the molecule is O=C(c1cnco1)N1CCC2NCC21. The topological polar surface area (TPSA) is 58.4 Å². The van der Waals surface area contributed by atoms with Crippen LogP contribution in [0.2, 0.25) is 0 Å². The summed E-state index contributed by atoms with van der Waals surface area (Å²) in [6, 6.07) is 0.870. The second-order valence-electron chi connectivity index (χ2n) is 3.73. The van der Waals surface area contributed by atoms with Crippen molar-refractivity contribution in [2.24, 2.45) is 0 Å². The van der Waals surface area contributed by atoms with Crippen LogP contribution in [0.15, 0.2) is 17.0 Å². The quantitative estimate of drug-likeness (QED) is 0.674. The largest absolute Gasteiger partial charge is 0.438 e. The third-order valence-electron chi connectivity index (χ3n) is 3.04. The highest BCUT2D eigenvalue weighted by molar-refractivity contribution is 5.91. The Bertz CT molecular complexity index is 349. The molecule has 0 aromatic carbocycles. The lowest BCUT2D eigenvalue weighted by Crippen LogP contribution is -2.60. The molecule has 2 saturated heterocycles.